The van der Waals surface area contributed by atoms with E-state index in [0.717, 1.165) is 23.1 Å². The largest absolute Gasteiger partial charge is 0.507 e. The second-order valence-corrected chi connectivity index (χ2v) is 7.50. The molecule has 1 aromatic carbocycles. The molecule has 0 radical (unpaired) electrons. The maximum Gasteiger partial charge on any atom is 0.334 e. The number of cyclic esters (lactones) is 1. The zero-order valence-corrected chi connectivity index (χ0v) is 14.3. The van der Waals surface area contributed by atoms with Gasteiger partial charge < -0.3 is 14.9 Å². The van der Waals surface area contributed by atoms with E-state index in [1.165, 1.54) is 0 Å². The van der Waals surface area contributed by atoms with Gasteiger partial charge in [0.05, 0.1) is 5.56 Å². The summed E-state index contributed by atoms with van der Waals surface area (Å²) >= 11 is 0. The molecule has 1 aliphatic heterocycles. The van der Waals surface area contributed by atoms with Gasteiger partial charge in [0.2, 0.25) is 0 Å². The number of rotatable bonds is 3. The third kappa shape index (κ3) is 2.25. The van der Waals surface area contributed by atoms with E-state index in [1.807, 2.05) is 12.1 Å². The smallest absolute Gasteiger partial charge is 0.334 e. The number of hydrogen-bond acceptors (Lipinski definition) is 5. The summed E-state index contributed by atoms with van der Waals surface area (Å²) in [6.07, 6.45) is 2.82. The van der Waals surface area contributed by atoms with Crippen molar-refractivity contribution < 1.29 is 24.5 Å². The molecule has 0 fully saturated rings. The van der Waals surface area contributed by atoms with E-state index in [9.17, 15) is 14.7 Å². The number of phenolic OH excluding ortho intramolecular Hbond substituents is 1. The van der Waals surface area contributed by atoms with Crippen LogP contribution in [0.3, 0.4) is 0 Å². The van der Waals surface area contributed by atoms with Crippen LogP contribution in [-0.4, -0.2) is 35.2 Å². The summed E-state index contributed by atoms with van der Waals surface area (Å²) in [4.78, 5) is 24.7. The van der Waals surface area contributed by atoms with Crippen LogP contribution in [0.2, 0.25) is 0 Å². The number of fused-ring (bicyclic) bond motifs is 4. The van der Waals surface area contributed by atoms with Crippen molar-refractivity contribution >= 4 is 11.8 Å². The fourth-order valence-corrected chi connectivity index (χ4v) is 4.79. The monoisotopic (exact) mass is 342 g/mol. The average molecular weight is 342 g/mol. The van der Waals surface area contributed by atoms with Gasteiger partial charge in [0.15, 0.2) is 5.78 Å². The molecule has 3 aliphatic rings. The Morgan fingerprint density at radius 2 is 2.12 bits per heavy atom. The summed E-state index contributed by atoms with van der Waals surface area (Å²) in [7, 11) is 0. The Labute approximate surface area is 146 Å². The molecule has 5 heteroatoms. The quantitative estimate of drug-likeness (QED) is 0.824. The molecule has 0 bridgehead atoms. The van der Waals surface area contributed by atoms with Crippen LogP contribution in [0.1, 0.15) is 54.1 Å². The van der Waals surface area contributed by atoms with Crippen LogP contribution in [-0.2, 0) is 21.4 Å². The molecule has 132 valence electrons. The Kier molecular flexibility index (Phi) is 3.72. The zero-order chi connectivity index (χ0) is 17.8. The maximum absolute atomic E-state index is 12.8. The van der Waals surface area contributed by atoms with E-state index in [0.29, 0.717) is 36.8 Å². The maximum atomic E-state index is 12.8. The van der Waals surface area contributed by atoms with E-state index >= 15 is 0 Å². The molecule has 2 aliphatic carbocycles. The minimum atomic E-state index is -0.275. The van der Waals surface area contributed by atoms with E-state index in [-0.39, 0.29) is 42.0 Å². The Bertz CT molecular complexity index is 807. The molecule has 0 amide bonds. The minimum Gasteiger partial charge on any atom is -0.507 e. The second kappa shape index (κ2) is 5.70. The molecule has 0 saturated carbocycles. The first kappa shape index (κ1) is 16.3. The number of benzene rings is 1. The highest BCUT2D eigenvalue weighted by atomic mass is 16.5. The van der Waals surface area contributed by atoms with E-state index in [4.69, 9.17) is 9.84 Å². The fraction of sp³-hybridized carbons (Fsp3) is 0.500. The zero-order valence-electron chi connectivity index (χ0n) is 14.3. The number of aromatic hydroxyl groups is 1. The molecule has 1 heterocycles. The average Bonchev–Trinajstić information content (AvgIpc) is 2.96. The van der Waals surface area contributed by atoms with Crippen molar-refractivity contribution in [1.82, 2.24) is 0 Å². The number of aliphatic hydroxyl groups excluding tert-OH is 1. The lowest BCUT2D eigenvalue weighted by Gasteiger charge is -2.46. The number of Topliss-reactive ketones (excluding diaryl/α,β-unsaturated/α-hetero) is 1. The lowest BCUT2D eigenvalue weighted by Crippen LogP contribution is -2.43. The van der Waals surface area contributed by atoms with Crippen molar-refractivity contribution in [3.63, 3.8) is 0 Å². The SMILES string of the molecule is C[C@]12CCC3=C(COC3=O)[C@@H]1CC(=O)c1c2ccc(CCCO)c1O. The predicted molar refractivity (Wildman–Crippen MR) is 90.5 cm³/mol. The number of phenols is 1. The first-order valence-electron chi connectivity index (χ1n) is 8.85. The van der Waals surface area contributed by atoms with Crippen LogP contribution < -0.4 is 0 Å². The lowest BCUT2D eigenvalue weighted by molar-refractivity contribution is -0.136. The normalized spacial score (nSPS) is 27.7. The van der Waals surface area contributed by atoms with Crippen molar-refractivity contribution in [3.8, 4) is 5.75 Å². The van der Waals surface area contributed by atoms with Gasteiger partial charge in [-0.3, -0.25) is 4.79 Å². The number of aliphatic hydroxyl groups is 1. The van der Waals surface area contributed by atoms with E-state index in [2.05, 4.69) is 6.92 Å². The summed E-state index contributed by atoms with van der Waals surface area (Å²) in [6, 6.07) is 3.82. The van der Waals surface area contributed by atoms with Crippen LogP contribution in [0.25, 0.3) is 0 Å². The van der Waals surface area contributed by atoms with Crippen molar-refractivity contribution in [1.29, 1.82) is 0 Å². The number of aryl methyl sites for hydroxylation is 1. The van der Waals surface area contributed by atoms with Gasteiger partial charge >= 0.3 is 5.97 Å². The van der Waals surface area contributed by atoms with Gasteiger partial charge in [-0.2, -0.15) is 0 Å². The topological polar surface area (TPSA) is 83.8 Å². The third-order valence-electron chi connectivity index (χ3n) is 6.23. The number of ether oxygens (including phenoxy) is 1. The van der Waals surface area contributed by atoms with Crippen molar-refractivity contribution in [2.45, 2.75) is 44.4 Å². The highest BCUT2D eigenvalue weighted by molar-refractivity contribution is 6.03. The number of esters is 1. The molecule has 0 saturated heterocycles. The molecule has 25 heavy (non-hydrogen) atoms. The van der Waals surface area contributed by atoms with Gasteiger partial charge in [-0.25, -0.2) is 4.79 Å². The highest BCUT2D eigenvalue weighted by Crippen LogP contribution is 2.54. The number of ketones is 1. The van der Waals surface area contributed by atoms with Gasteiger partial charge in [0, 0.05) is 29.9 Å². The van der Waals surface area contributed by atoms with Gasteiger partial charge in [0.1, 0.15) is 12.4 Å². The molecule has 2 atom stereocenters. The molecular formula is C20H22O5. The first-order chi connectivity index (χ1) is 12.0. The predicted octanol–water partition coefficient (Wildman–Crippen LogP) is 2.42. The van der Waals surface area contributed by atoms with Gasteiger partial charge in [-0.1, -0.05) is 19.1 Å². The highest BCUT2D eigenvalue weighted by Gasteiger charge is 2.51. The molecule has 1 aromatic rings. The summed E-state index contributed by atoms with van der Waals surface area (Å²) in [6.45, 7) is 2.47. The lowest BCUT2D eigenvalue weighted by atomic mass is 9.56. The van der Waals surface area contributed by atoms with Crippen molar-refractivity contribution in [2.24, 2.45) is 5.92 Å². The Morgan fingerprint density at radius 3 is 2.88 bits per heavy atom. The van der Waals surface area contributed by atoms with E-state index < -0.39 is 0 Å². The molecular weight excluding hydrogens is 320 g/mol. The number of carbonyl (C=O) groups is 2. The van der Waals surface area contributed by atoms with E-state index in [1.54, 1.807) is 0 Å². The third-order valence-corrected chi connectivity index (χ3v) is 6.23. The minimum absolute atomic E-state index is 0.0367. The summed E-state index contributed by atoms with van der Waals surface area (Å²) < 4.78 is 5.21. The standard InChI is InChI=1S/C20H22O5/c1-20-7-6-12-13(10-25-19(12)24)15(20)9-16(22)17-14(20)5-4-11(18(17)23)3-2-8-21/h4-5,15,21,23H,2-3,6-10H2,1H3/t15-,20+/m0/s1. The second-order valence-electron chi connectivity index (χ2n) is 7.50. The molecule has 0 spiro atoms. The molecule has 5 nitrogen and oxygen atoms in total. The Morgan fingerprint density at radius 1 is 1.32 bits per heavy atom. The fourth-order valence-electron chi connectivity index (χ4n) is 4.79. The molecule has 0 unspecified atom stereocenters. The Balaban J connectivity index is 1.82. The summed E-state index contributed by atoms with van der Waals surface area (Å²) in [5, 5.41) is 19.7. The number of carbonyl (C=O) groups excluding carboxylic acids is 2. The summed E-state index contributed by atoms with van der Waals surface area (Å²) in [5.74, 6) is -0.286. The van der Waals surface area contributed by atoms with Crippen LogP contribution in [0, 0.1) is 5.92 Å². The van der Waals surface area contributed by atoms with Crippen LogP contribution >= 0.6 is 0 Å². The molecule has 4 rings (SSSR count). The van der Waals surface area contributed by atoms with Crippen molar-refractivity contribution in [3.05, 3.63) is 40.0 Å². The van der Waals surface area contributed by atoms with Gasteiger partial charge in [-0.05, 0) is 42.4 Å². The molecule has 2 N–H and O–H groups in total. The first-order valence-corrected chi connectivity index (χ1v) is 8.85. The molecule has 0 aromatic heterocycles. The van der Waals surface area contributed by atoms with Gasteiger partial charge in [0.25, 0.3) is 0 Å². The van der Waals surface area contributed by atoms with Gasteiger partial charge in [-0.15, -0.1) is 0 Å². The van der Waals surface area contributed by atoms with Crippen LogP contribution in [0.15, 0.2) is 23.3 Å². The van der Waals surface area contributed by atoms with Crippen LogP contribution in [0.4, 0.5) is 0 Å². The van der Waals surface area contributed by atoms with Crippen molar-refractivity contribution in [2.75, 3.05) is 13.2 Å². The summed E-state index contributed by atoms with van der Waals surface area (Å²) in [5.41, 5.74) is 3.47. The number of hydrogen-bond donors (Lipinski definition) is 2. The Hall–Kier alpha value is -2.14. The van der Waals surface area contributed by atoms with Crippen LogP contribution in [0.5, 0.6) is 5.75 Å².